The second-order valence-electron chi connectivity index (χ2n) is 9.36. The maximum Gasteiger partial charge on any atom is 0.229 e. The molecule has 1 N–H and O–H groups in total. The zero-order valence-corrected chi connectivity index (χ0v) is 19.2. The van der Waals surface area contributed by atoms with Gasteiger partial charge in [-0.2, -0.15) is 0 Å². The molecule has 1 aromatic rings. The summed E-state index contributed by atoms with van der Waals surface area (Å²) in [7, 11) is 0. The molecule has 1 saturated carbocycles. The van der Waals surface area contributed by atoms with E-state index in [0.29, 0.717) is 11.9 Å². The minimum absolute atomic E-state index is 0.269. The first-order valence-electron chi connectivity index (χ1n) is 12.4. The van der Waals surface area contributed by atoms with Crippen molar-refractivity contribution in [3.05, 3.63) is 48.0 Å². The van der Waals surface area contributed by atoms with Crippen molar-refractivity contribution >= 4 is 5.91 Å². The molecule has 1 aromatic carbocycles. The maximum absolute atomic E-state index is 14.2. The Morgan fingerprint density at radius 1 is 1.07 bits per heavy atom. The third kappa shape index (κ3) is 5.55. The summed E-state index contributed by atoms with van der Waals surface area (Å²) >= 11 is 0. The minimum Gasteiger partial charge on any atom is -0.342 e. The van der Waals surface area contributed by atoms with Crippen LogP contribution in [0.1, 0.15) is 89.5 Å². The molecule has 0 radical (unpaired) electrons. The van der Waals surface area contributed by atoms with Crippen LogP contribution in [0.15, 0.2) is 42.5 Å². The second-order valence-corrected chi connectivity index (χ2v) is 9.36. The molecule has 1 amide bonds. The van der Waals surface area contributed by atoms with Crippen molar-refractivity contribution < 1.29 is 4.79 Å². The Morgan fingerprint density at radius 2 is 1.77 bits per heavy atom. The van der Waals surface area contributed by atoms with Crippen LogP contribution in [0.2, 0.25) is 0 Å². The molecule has 0 aromatic heterocycles. The molecule has 166 valence electrons. The van der Waals surface area contributed by atoms with Crippen molar-refractivity contribution in [2.24, 2.45) is 5.41 Å². The molecule has 3 heteroatoms. The van der Waals surface area contributed by atoms with Crippen molar-refractivity contribution in [2.75, 3.05) is 19.6 Å². The molecule has 0 spiro atoms. The molecule has 2 aliphatic carbocycles. The van der Waals surface area contributed by atoms with Crippen LogP contribution >= 0.6 is 0 Å². The van der Waals surface area contributed by atoms with Gasteiger partial charge >= 0.3 is 0 Å². The summed E-state index contributed by atoms with van der Waals surface area (Å²) in [6.07, 6.45) is 15.7. The lowest BCUT2D eigenvalue weighted by Gasteiger charge is -2.45. The van der Waals surface area contributed by atoms with Gasteiger partial charge < -0.3 is 10.2 Å². The predicted molar refractivity (Wildman–Crippen MR) is 127 cm³/mol. The number of carbonyl (C=O) groups excluding carboxylic acids is 1. The number of amides is 1. The molecule has 1 fully saturated rings. The molecule has 0 heterocycles. The van der Waals surface area contributed by atoms with E-state index in [4.69, 9.17) is 0 Å². The first-order chi connectivity index (χ1) is 14.7. The fourth-order valence-corrected chi connectivity index (χ4v) is 5.09. The Kier molecular flexibility index (Phi) is 8.99. The predicted octanol–water partition coefficient (Wildman–Crippen LogP) is 6.07. The van der Waals surface area contributed by atoms with Crippen LogP contribution in [0.3, 0.4) is 0 Å². The van der Waals surface area contributed by atoms with Crippen molar-refractivity contribution in [3.63, 3.8) is 0 Å². The molecule has 2 aliphatic rings. The number of hydrogen-bond donors (Lipinski definition) is 1. The van der Waals surface area contributed by atoms with Crippen LogP contribution in [0.5, 0.6) is 0 Å². The minimum atomic E-state index is -0.325. The number of unbranched alkanes of at least 4 members (excludes halogenated alkanes) is 2. The van der Waals surface area contributed by atoms with E-state index in [9.17, 15) is 4.79 Å². The van der Waals surface area contributed by atoms with E-state index in [0.717, 1.165) is 64.6 Å². The zero-order chi connectivity index (χ0) is 21.2. The Labute approximate surface area is 184 Å². The van der Waals surface area contributed by atoms with Gasteiger partial charge in [-0.15, -0.1) is 0 Å². The number of allylic oxidation sites excluding steroid dienone is 2. The van der Waals surface area contributed by atoms with Crippen LogP contribution in [-0.4, -0.2) is 36.5 Å². The average molecular weight is 411 g/mol. The normalized spacial score (nSPS) is 23.9. The Bertz CT molecular complexity index is 659. The van der Waals surface area contributed by atoms with Gasteiger partial charge in [0, 0.05) is 25.0 Å². The van der Waals surface area contributed by atoms with Gasteiger partial charge in [0.25, 0.3) is 0 Å². The Balaban J connectivity index is 1.87. The van der Waals surface area contributed by atoms with Crippen LogP contribution in [0, 0.1) is 5.41 Å². The van der Waals surface area contributed by atoms with Gasteiger partial charge in [-0.25, -0.2) is 0 Å². The van der Waals surface area contributed by atoms with Gasteiger partial charge in [0.2, 0.25) is 5.91 Å². The number of rotatable bonds is 12. The van der Waals surface area contributed by atoms with Gasteiger partial charge in [-0.05, 0) is 57.1 Å². The fourth-order valence-electron chi connectivity index (χ4n) is 5.09. The number of benzene rings is 1. The highest BCUT2D eigenvalue weighted by Crippen LogP contribution is 2.48. The highest BCUT2D eigenvalue weighted by atomic mass is 16.2. The molecule has 0 aliphatic heterocycles. The molecule has 30 heavy (non-hydrogen) atoms. The van der Waals surface area contributed by atoms with E-state index in [1.54, 1.807) is 0 Å². The largest absolute Gasteiger partial charge is 0.342 e. The molecule has 3 rings (SSSR count). The third-order valence-electron chi connectivity index (χ3n) is 7.28. The lowest BCUT2D eigenvalue weighted by molar-refractivity contribution is -0.144. The second kappa shape index (κ2) is 11.7. The smallest absolute Gasteiger partial charge is 0.229 e. The quantitative estimate of drug-likeness (QED) is 0.424. The Hall–Kier alpha value is -1.61. The highest BCUT2D eigenvalue weighted by Gasteiger charge is 2.47. The topological polar surface area (TPSA) is 32.3 Å². The van der Waals surface area contributed by atoms with Gasteiger partial charge in [0.05, 0.1) is 5.41 Å². The van der Waals surface area contributed by atoms with E-state index in [1.165, 1.54) is 24.8 Å². The number of carbonyl (C=O) groups is 1. The number of nitrogens with one attached hydrogen (secondary N) is 1. The maximum atomic E-state index is 14.2. The lowest BCUT2D eigenvalue weighted by Crippen LogP contribution is -2.50. The van der Waals surface area contributed by atoms with E-state index in [-0.39, 0.29) is 11.3 Å². The number of nitrogens with zero attached hydrogens (tertiary/aromatic N) is 1. The summed E-state index contributed by atoms with van der Waals surface area (Å²) in [4.78, 5) is 16.5. The van der Waals surface area contributed by atoms with Crippen molar-refractivity contribution in [1.82, 2.24) is 10.2 Å². The SMILES string of the molecule is CCCCN(CCCC)C(=O)C1(CCNC2CCC2)CC=CCC1c1ccccc1. The van der Waals surface area contributed by atoms with E-state index < -0.39 is 0 Å². The van der Waals surface area contributed by atoms with Gasteiger partial charge in [-0.1, -0.05) is 75.6 Å². The lowest BCUT2D eigenvalue weighted by atomic mass is 9.63. The summed E-state index contributed by atoms with van der Waals surface area (Å²) in [6, 6.07) is 11.5. The van der Waals surface area contributed by atoms with Gasteiger partial charge in [-0.3, -0.25) is 4.79 Å². The number of hydrogen-bond acceptors (Lipinski definition) is 2. The van der Waals surface area contributed by atoms with Crippen LogP contribution in [-0.2, 0) is 4.79 Å². The molecule has 0 saturated heterocycles. The van der Waals surface area contributed by atoms with Crippen molar-refractivity contribution in [1.29, 1.82) is 0 Å². The summed E-state index contributed by atoms with van der Waals surface area (Å²) in [5, 5.41) is 3.75. The van der Waals surface area contributed by atoms with Crippen molar-refractivity contribution in [3.8, 4) is 0 Å². The first kappa shape index (κ1) is 23.1. The highest BCUT2D eigenvalue weighted by molar-refractivity contribution is 5.84. The van der Waals surface area contributed by atoms with Crippen LogP contribution in [0.4, 0.5) is 0 Å². The van der Waals surface area contributed by atoms with E-state index >= 15 is 0 Å². The van der Waals surface area contributed by atoms with Gasteiger partial charge in [0.15, 0.2) is 0 Å². The fraction of sp³-hybridized carbons (Fsp3) is 0.667. The summed E-state index contributed by atoms with van der Waals surface area (Å²) in [6.45, 7) is 7.19. The molecular formula is C27H42N2O. The third-order valence-corrected chi connectivity index (χ3v) is 7.28. The molecular weight excluding hydrogens is 368 g/mol. The summed E-state index contributed by atoms with van der Waals surface area (Å²) in [5.41, 5.74) is 0.999. The first-order valence-corrected chi connectivity index (χ1v) is 12.4. The zero-order valence-electron chi connectivity index (χ0n) is 19.2. The molecule has 3 nitrogen and oxygen atoms in total. The standard InChI is InChI=1S/C27H42N2O/c1-3-5-21-29(22-6-4-2)26(30)27(19-20-28-24-15-12-16-24)18-11-10-17-25(27)23-13-8-7-9-14-23/h7-11,13-14,24-25,28H,3-6,12,15-22H2,1-2H3. The summed E-state index contributed by atoms with van der Waals surface area (Å²) < 4.78 is 0. The van der Waals surface area contributed by atoms with E-state index in [1.807, 2.05) is 0 Å². The average Bonchev–Trinajstić information content (AvgIpc) is 2.76. The van der Waals surface area contributed by atoms with Crippen LogP contribution in [0.25, 0.3) is 0 Å². The van der Waals surface area contributed by atoms with Crippen LogP contribution < -0.4 is 5.32 Å². The monoisotopic (exact) mass is 410 g/mol. The van der Waals surface area contributed by atoms with E-state index in [2.05, 4.69) is 66.5 Å². The molecule has 2 unspecified atom stereocenters. The van der Waals surface area contributed by atoms with Crippen molar-refractivity contribution in [2.45, 2.75) is 90.0 Å². The van der Waals surface area contributed by atoms with Gasteiger partial charge in [0.1, 0.15) is 0 Å². The molecule has 2 atom stereocenters. The Morgan fingerprint density at radius 3 is 2.37 bits per heavy atom. The molecule has 0 bridgehead atoms. The summed E-state index contributed by atoms with van der Waals surface area (Å²) in [5.74, 6) is 0.670.